The molecular weight excluding hydrogens is 627 g/mol. The lowest BCUT2D eigenvalue weighted by atomic mass is 9.91. The quantitative estimate of drug-likeness (QED) is 0.242. The molecule has 0 heterocycles. The van der Waals surface area contributed by atoms with Crippen LogP contribution in [0.4, 0.5) is 25.4 Å². The third-order valence-corrected chi connectivity index (χ3v) is 6.78. The van der Waals surface area contributed by atoms with Crippen molar-refractivity contribution in [2.75, 3.05) is 17.2 Å². The Labute approximate surface area is 254 Å². The molecule has 11 nitrogen and oxygen atoms in total. The van der Waals surface area contributed by atoms with Crippen LogP contribution in [0.5, 0.6) is 5.75 Å². The summed E-state index contributed by atoms with van der Waals surface area (Å²) in [5.74, 6) is -1.75. The Hall–Kier alpha value is -4.91. The van der Waals surface area contributed by atoms with E-state index in [1.165, 1.54) is 18.2 Å². The summed E-state index contributed by atoms with van der Waals surface area (Å²) >= 11 is 3.31. The highest BCUT2D eigenvalue weighted by molar-refractivity contribution is 9.10. The van der Waals surface area contributed by atoms with Gasteiger partial charge in [-0.05, 0) is 58.4 Å². The molecule has 0 bridgehead atoms. The molecule has 0 saturated carbocycles. The minimum atomic E-state index is -1.29. The van der Waals surface area contributed by atoms with Crippen molar-refractivity contribution in [2.45, 2.75) is 31.2 Å². The van der Waals surface area contributed by atoms with Gasteiger partial charge in [-0.3, -0.25) is 20.2 Å². The van der Waals surface area contributed by atoms with Gasteiger partial charge in [0.25, 0.3) is 0 Å². The lowest BCUT2D eigenvalue weighted by molar-refractivity contribution is -0.119. The SMILES string of the molecule is NC(=O)CCNC(=O)C1=CC(Oc2cc(F)ccc2Br)C(OC(=O)Nc2ccccc2)C(OC(=O)Nc2ccccc2)C1. The first-order valence-electron chi connectivity index (χ1n) is 13.1. The van der Waals surface area contributed by atoms with Crippen LogP contribution >= 0.6 is 15.9 Å². The molecule has 3 atom stereocenters. The summed E-state index contributed by atoms with van der Waals surface area (Å²) in [7, 11) is 0. The van der Waals surface area contributed by atoms with Crippen LogP contribution in [0.1, 0.15) is 12.8 Å². The summed E-state index contributed by atoms with van der Waals surface area (Å²) < 4.78 is 32.0. The number of nitrogens with one attached hydrogen (secondary N) is 3. The van der Waals surface area contributed by atoms with Crippen molar-refractivity contribution in [1.82, 2.24) is 5.32 Å². The van der Waals surface area contributed by atoms with Crippen LogP contribution in [0.25, 0.3) is 0 Å². The second kappa shape index (κ2) is 14.8. The molecular formula is C30H28BrFN4O7. The molecule has 1 aliphatic carbocycles. The first-order valence-corrected chi connectivity index (χ1v) is 13.9. The Kier molecular flexibility index (Phi) is 10.7. The lowest BCUT2D eigenvalue weighted by Gasteiger charge is -2.35. The zero-order valence-corrected chi connectivity index (χ0v) is 24.2. The molecule has 0 aliphatic heterocycles. The van der Waals surface area contributed by atoms with E-state index >= 15 is 0 Å². The minimum absolute atomic E-state index is 0.0358. The smallest absolute Gasteiger partial charge is 0.412 e. The molecule has 0 saturated heterocycles. The summed E-state index contributed by atoms with van der Waals surface area (Å²) in [4.78, 5) is 50.1. The van der Waals surface area contributed by atoms with Crippen LogP contribution in [-0.2, 0) is 19.1 Å². The van der Waals surface area contributed by atoms with Gasteiger partial charge in [0.2, 0.25) is 11.8 Å². The molecule has 0 fully saturated rings. The van der Waals surface area contributed by atoms with Crippen molar-refractivity contribution in [3.05, 3.63) is 101 Å². The number of rotatable bonds is 10. The zero-order valence-electron chi connectivity index (χ0n) is 22.6. The highest BCUT2D eigenvalue weighted by Crippen LogP contribution is 2.32. The fourth-order valence-electron chi connectivity index (χ4n) is 4.15. The fraction of sp³-hybridized carbons (Fsp3) is 0.200. The second-order valence-corrected chi connectivity index (χ2v) is 10.2. The molecule has 3 aromatic carbocycles. The number of hydrogen-bond acceptors (Lipinski definition) is 7. The predicted octanol–water partition coefficient (Wildman–Crippen LogP) is 4.89. The van der Waals surface area contributed by atoms with Gasteiger partial charge in [0.05, 0.1) is 4.47 Å². The molecule has 4 rings (SSSR count). The van der Waals surface area contributed by atoms with Crippen molar-refractivity contribution >= 4 is 51.3 Å². The van der Waals surface area contributed by atoms with E-state index in [9.17, 15) is 23.6 Å². The summed E-state index contributed by atoms with van der Waals surface area (Å²) in [6, 6.07) is 20.8. The molecule has 5 N–H and O–H groups in total. The Morgan fingerprint density at radius 2 is 1.49 bits per heavy atom. The third-order valence-electron chi connectivity index (χ3n) is 6.12. The summed E-state index contributed by atoms with van der Waals surface area (Å²) in [6.45, 7) is -0.0358. The van der Waals surface area contributed by atoms with Gasteiger partial charge in [0.1, 0.15) is 17.7 Å². The van der Waals surface area contributed by atoms with Crippen LogP contribution in [0.2, 0.25) is 0 Å². The normalized spacial score (nSPS) is 17.5. The Bertz CT molecular complexity index is 1490. The van der Waals surface area contributed by atoms with E-state index in [1.54, 1.807) is 60.7 Å². The van der Waals surface area contributed by atoms with Crippen molar-refractivity contribution in [3.63, 3.8) is 0 Å². The Morgan fingerprint density at radius 1 is 0.884 bits per heavy atom. The number of carbonyl (C=O) groups excluding carboxylic acids is 4. The number of halogens is 2. The largest absolute Gasteiger partial charge is 0.481 e. The number of benzene rings is 3. The number of para-hydroxylation sites is 2. The average Bonchev–Trinajstić information content (AvgIpc) is 2.97. The first kappa shape index (κ1) is 31.0. The van der Waals surface area contributed by atoms with E-state index in [0.29, 0.717) is 15.8 Å². The number of anilines is 2. The highest BCUT2D eigenvalue weighted by atomic mass is 79.9. The van der Waals surface area contributed by atoms with Gasteiger partial charge in [-0.2, -0.15) is 0 Å². The molecule has 0 radical (unpaired) electrons. The molecule has 13 heteroatoms. The molecule has 3 aromatic rings. The van der Waals surface area contributed by atoms with Crippen molar-refractivity contribution in [1.29, 1.82) is 0 Å². The van der Waals surface area contributed by atoms with Gasteiger partial charge in [-0.15, -0.1) is 0 Å². The van der Waals surface area contributed by atoms with Crippen molar-refractivity contribution in [3.8, 4) is 5.75 Å². The molecule has 4 amide bonds. The summed E-state index contributed by atoms with van der Waals surface area (Å²) in [6.07, 6.45) is -4.39. The molecule has 3 unspecified atom stereocenters. The van der Waals surface area contributed by atoms with Crippen LogP contribution in [0.3, 0.4) is 0 Å². The molecule has 224 valence electrons. The number of amides is 4. The van der Waals surface area contributed by atoms with Crippen LogP contribution < -0.4 is 26.4 Å². The van der Waals surface area contributed by atoms with Gasteiger partial charge in [0.15, 0.2) is 12.2 Å². The third kappa shape index (κ3) is 9.30. The first-order chi connectivity index (χ1) is 20.7. The number of carbonyl (C=O) groups is 4. The van der Waals surface area contributed by atoms with E-state index in [2.05, 4.69) is 31.9 Å². The van der Waals surface area contributed by atoms with E-state index < -0.39 is 48.1 Å². The van der Waals surface area contributed by atoms with Crippen LogP contribution in [0.15, 0.2) is 95.0 Å². The Morgan fingerprint density at radius 3 is 2.09 bits per heavy atom. The van der Waals surface area contributed by atoms with E-state index in [-0.39, 0.29) is 30.7 Å². The van der Waals surface area contributed by atoms with E-state index in [0.717, 1.165) is 6.07 Å². The number of ether oxygens (including phenoxy) is 3. The highest BCUT2D eigenvalue weighted by Gasteiger charge is 2.42. The van der Waals surface area contributed by atoms with Gasteiger partial charge in [-0.25, -0.2) is 14.0 Å². The van der Waals surface area contributed by atoms with Gasteiger partial charge < -0.3 is 25.3 Å². The van der Waals surface area contributed by atoms with Crippen molar-refractivity contribution < 1.29 is 37.8 Å². The molecule has 1 aliphatic rings. The lowest BCUT2D eigenvalue weighted by Crippen LogP contribution is -2.50. The zero-order chi connectivity index (χ0) is 30.8. The maximum atomic E-state index is 14.1. The van der Waals surface area contributed by atoms with Crippen LogP contribution in [0, 0.1) is 5.82 Å². The van der Waals surface area contributed by atoms with E-state index in [4.69, 9.17) is 19.9 Å². The topological polar surface area (TPSA) is 158 Å². The second-order valence-electron chi connectivity index (χ2n) is 9.32. The van der Waals surface area contributed by atoms with E-state index in [1.807, 2.05) is 0 Å². The van der Waals surface area contributed by atoms with Gasteiger partial charge in [-0.1, -0.05) is 36.4 Å². The van der Waals surface area contributed by atoms with Crippen molar-refractivity contribution in [2.24, 2.45) is 5.73 Å². The summed E-state index contributed by atoms with van der Waals surface area (Å²) in [5.41, 5.74) is 6.17. The van der Waals surface area contributed by atoms with Gasteiger partial charge >= 0.3 is 12.2 Å². The van der Waals surface area contributed by atoms with Gasteiger partial charge in [0, 0.05) is 42.4 Å². The monoisotopic (exact) mass is 654 g/mol. The van der Waals surface area contributed by atoms with Crippen LogP contribution in [-0.4, -0.2) is 48.9 Å². The maximum absolute atomic E-state index is 14.1. The number of primary amides is 1. The fourth-order valence-corrected chi connectivity index (χ4v) is 4.49. The molecule has 0 spiro atoms. The number of nitrogens with two attached hydrogens (primary N) is 1. The number of hydrogen-bond donors (Lipinski definition) is 4. The molecule has 0 aromatic heterocycles. The summed E-state index contributed by atoms with van der Waals surface area (Å²) in [5, 5.41) is 7.76. The standard InChI is InChI=1S/C30H28BrFN4O7/c31-22-12-11-19(32)17-23(22)41-24-15-18(28(38)34-14-13-26(33)37)16-25(42-29(39)35-20-7-3-1-4-8-20)27(24)43-30(40)36-21-9-5-2-6-10-21/h1-12,15,17,24-25,27H,13-14,16H2,(H2,33,37)(H,34,38)(H,35,39)(H,36,40). The maximum Gasteiger partial charge on any atom is 0.412 e. The minimum Gasteiger partial charge on any atom is -0.481 e. The predicted molar refractivity (Wildman–Crippen MR) is 159 cm³/mol. The molecule has 43 heavy (non-hydrogen) atoms. The average molecular weight is 655 g/mol. The Balaban J connectivity index is 1.65.